The summed E-state index contributed by atoms with van der Waals surface area (Å²) in [5.74, 6) is 2.42. The molecule has 7 nitrogen and oxygen atoms in total. The number of carbonyl (C=O) groups is 1. The van der Waals surface area contributed by atoms with E-state index in [1.807, 2.05) is 41.8 Å². The summed E-state index contributed by atoms with van der Waals surface area (Å²) in [6.07, 6.45) is 0.943. The molecule has 1 amide bonds. The van der Waals surface area contributed by atoms with E-state index in [4.69, 9.17) is 14.5 Å². The largest absolute Gasteiger partial charge is 0.454 e. The van der Waals surface area contributed by atoms with Gasteiger partial charge in [0.25, 0.3) is 0 Å². The third-order valence-corrected chi connectivity index (χ3v) is 6.17. The van der Waals surface area contributed by atoms with Crippen LogP contribution in [0, 0.1) is 0 Å². The second-order valence-corrected chi connectivity index (χ2v) is 8.11. The first-order valence-electron chi connectivity index (χ1n) is 10.3. The number of para-hydroxylation sites is 2. The first-order valence-corrected chi connectivity index (χ1v) is 11.1. The Kier molecular flexibility index (Phi) is 5.30. The van der Waals surface area contributed by atoms with Gasteiger partial charge in [-0.25, -0.2) is 9.97 Å². The Morgan fingerprint density at radius 3 is 2.94 bits per heavy atom. The van der Waals surface area contributed by atoms with Crippen molar-refractivity contribution in [3.63, 3.8) is 0 Å². The number of rotatable bonds is 7. The minimum atomic E-state index is -0.0401. The minimum Gasteiger partial charge on any atom is -0.454 e. The number of thiazole rings is 1. The molecule has 158 valence electrons. The van der Waals surface area contributed by atoms with Gasteiger partial charge in [0.1, 0.15) is 10.8 Å². The van der Waals surface area contributed by atoms with E-state index in [0.29, 0.717) is 13.0 Å². The van der Waals surface area contributed by atoms with Gasteiger partial charge < -0.3 is 19.4 Å². The monoisotopic (exact) mass is 434 g/mol. The fourth-order valence-electron chi connectivity index (χ4n) is 3.76. The van der Waals surface area contributed by atoms with Gasteiger partial charge in [-0.05, 0) is 37.3 Å². The summed E-state index contributed by atoms with van der Waals surface area (Å²) in [5.41, 5.74) is 3.84. The van der Waals surface area contributed by atoms with E-state index in [2.05, 4.69) is 27.9 Å². The fraction of sp³-hybridized carbons (Fsp3) is 0.261. The van der Waals surface area contributed by atoms with E-state index >= 15 is 0 Å². The van der Waals surface area contributed by atoms with Gasteiger partial charge >= 0.3 is 0 Å². The number of carbonyl (C=O) groups excluding carboxylic acids is 1. The van der Waals surface area contributed by atoms with Gasteiger partial charge in [-0.15, -0.1) is 11.3 Å². The lowest BCUT2D eigenvalue weighted by molar-refractivity contribution is -0.120. The predicted octanol–water partition coefficient (Wildman–Crippen LogP) is 3.81. The van der Waals surface area contributed by atoms with Gasteiger partial charge in [-0.2, -0.15) is 0 Å². The smallest absolute Gasteiger partial charge is 0.231 e. The summed E-state index contributed by atoms with van der Waals surface area (Å²) in [7, 11) is 0. The number of hydrogen-bond donors (Lipinski definition) is 1. The van der Waals surface area contributed by atoms with Gasteiger partial charge in [0.05, 0.1) is 23.1 Å². The van der Waals surface area contributed by atoms with Crippen LogP contribution in [0.4, 0.5) is 0 Å². The van der Waals surface area contributed by atoms with Crippen molar-refractivity contribution in [3.8, 4) is 22.1 Å². The van der Waals surface area contributed by atoms with Gasteiger partial charge in [0, 0.05) is 30.5 Å². The summed E-state index contributed by atoms with van der Waals surface area (Å²) in [4.78, 5) is 21.7. The van der Waals surface area contributed by atoms with Crippen molar-refractivity contribution in [2.75, 3.05) is 13.3 Å². The molecular weight excluding hydrogens is 412 g/mol. The molecule has 3 heterocycles. The van der Waals surface area contributed by atoms with Crippen molar-refractivity contribution in [2.45, 2.75) is 26.3 Å². The lowest BCUT2D eigenvalue weighted by Gasteiger charge is -2.07. The maximum absolute atomic E-state index is 12.4. The molecule has 4 aromatic rings. The first-order chi connectivity index (χ1) is 15.2. The zero-order chi connectivity index (χ0) is 21.2. The van der Waals surface area contributed by atoms with Crippen LogP contribution >= 0.6 is 11.3 Å². The number of ether oxygens (including phenoxy) is 2. The zero-order valence-electron chi connectivity index (χ0n) is 17.1. The van der Waals surface area contributed by atoms with Gasteiger partial charge in [0.15, 0.2) is 11.5 Å². The second-order valence-electron chi connectivity index (χ2n) is 7.25. The number of nitrogens with zero attached hydrogens (tertiary/aromatic N) is 3. The van der Waals surface area contributed by atoms with Crippen molar-refractivity contribution in [1.29, 1.82) is 0 Å². The van der Waals surface area contributed by atoms with Crippen LogP contribution in [0.5, 0.6) is 11.5 Å². The molecule has 0 spiro atoms. The van der Waals surface area contributed by atoms with Crippen LogP contribution in [-0.2, 0) is 24.2 Å². The predicted molar refractivity (Wildman–Crippen MR) is 119 cm³/mol. The molecule has 0 unspecified atom stereocenters. The Balaban J connectivity index is 1.18. The van der Waals surface area contributed by atoms with Crippen molar-refractivity contribution >= 4 is 28.3 Å². The number of aryl methyl sites for hydroxylation is 1. The Hall–Kier alpha value is -3.39. The van der Waals surface area contributed by atoms with Crippen LogP contribution in [0.2, 0.25) is 0 Å². The summed E-state index contributed by atoms with van der Waals surface area (Å²) in [6, 6.07) is 13.9. The SMILES string of the molecule is CCn1c(CCNC(=O)Cc2csc(-c3ccc4c(c3)OCO4)n2)nc2ccccc21. The molecule has 2 aromatic heterocycles. The number of aromatic nitrogens is 3. The molecule has 0 saturated carbocycles. The van der Waals surface area contributed by atoms with Crippen LogP contribution < -0.4 is 14.8 Å². The van der Waals surface area contributed by atoms with Crippen molar-refractivity contribution < 1.29 is 14.3 Å². The molecule has 2 aromatic carbocycles. The number of benzene rings is 2. The Morgan fingerprint density at radius 1 is 1.16 bits per heavy atom. The van der Waals surface area contributed by atoms with Gasteiger partial charge in [-0.3, -0.25) is 4.79 Å². The lowest BCUT2D eigenvalue weighted by Crippen LogP contribution is -2.28. The standard InChI is InChI=1S/C23H22N4O3S/c1-2-27-18-6-4-3-5-17(18)26-21(27)9-10-24-22(28)12-16-13-31-23(25-16)15-7-8-19-20(11-15)30-14-29-19/h3-8,11,13H,2,9-10,12,14H2,1H3,(H,24,28). The van der Waals surface area contributed by atoms with Gasteiger partial charge in [0.2, 0.25) is 12.7 Å². The quantitative estimate of drug-likeness (QED) is 0.479. The average molecular weight is 435 g/mol. The molecule has 1 N–H and O–H groups in total. The normalized spacial score (nSPS) is 12.4. The van der Waals surface area contributed by atoms with Crippen LogP contribution in [0.25, 0.3) is 21.6 Å². The highest BCUT2D eigenvalue weighted by Gasteiger charge is 2.16. The number of nitrogens with one attached hydrogen (secondary N) is 1. The summed E-state index contributed by atoms with van der Waals surface area (Å²) >= 11 is 1.52. The number of imidazole rings is 1. The van der Waals surface area contributed by atoms with Gasteiger partial charge in [-0.1, -0.05) is 12.1 Å². The molecule has 0 aliphatic carbocycles. The average Bonchev–Trinajstić information content (AvgIpc) is 3.51. The summed E-state index contributed by atoms with van der Waals surface area (Å²) in [6.45, 7) is 3.75. The Morgan fingerprint density at radius 2 is 2.03 bits per heavy atom. The maximum Gasteiger partial charge on any atom is 0.231 e. The molecular formula is C23H22N4O3S. The van der Waals surface area contributed by atoms with E-state index in [1.54, 1.807) is 0 Å². The van der Waals surface area contributed by atoms with E-state index in [9.17, 15) is 4.79 Å². The molecule has 1 aliphatic rings. The third kappa shape index (κ3) is 3.98. The highest BCUT2D eigenvalue weighted by atomic mass is 32.1. The molecule has 5 rings (SSSR count). The molecule has 8 heteroatoms. The van der Waals surface area contributed by atoms with E-state index in [0.717, 1.165) is 51.2 Å². The first kappa shape index (κ1) is 19.6. The molecule has 31 heavy (non-hydrogen) atoms. The zero-order valence-corrected chi connectivity index (χ0v) is 17.9. The van der Waals surface area contributed by atoms with Crippen LogP contribution in [0.1, 0.15) is 18.4 Å². The van der Waals surface area contributed by atoms with Crippen LogP contribution in [0.3, 0.4) is 0 Å². The summed E-state index contributed by atoms with van der Waals surface area (Å²) in [5, 5.41) is 5.78. The highest BCUT2D eigenvalue weighted by Crippen LogP contribution is 2.36. The molecule has 0 bridgehead atoms. The molecule has 0 radical (unpaired) electrons. The Bertz CT molecular complexity index is 1250. The Labute approximate surface area is 183 Å². The molecule has 1 aliphatic heterocycles. The minimum absolute atomic E-state index is 0.0401. The summed E-state index contributed by atoms with van der Waals surface area (Å²) < 4.78 is 13.0. The topological polar surface area (TPSA) is 78.3 Å². The maximum atomic E-state index is 12.4. The van der Waals surface area contributed by atoms with Crippen molar-refractivity contribution in [2.24, 2.45) is 0 Å². The number of hydrogen-bond acceptors (Lipinski definition) is 6. The van der Waals surface area contributed by atoms with Crippen LogP contribution in [0.15, 0.2) is 47.8 Å². The lowest BCUT2D eigenvalue weighted by atomic mass is 10.2. The second kappa shape index (κ2) is 8.39. The molecule has 0 fully saturated rings. The third-order valence-electron chi connectivity index (χ3n) is 5.23. The van der Waals surface area contributed by atoms with E-state index in [-0.39, 0.29) is 19.1 Å². The molecule has 0 saturated heterocycles. The van der Waals surface area contributed by atoms with E-state index in [1.165, 1.54) is 11.3 Å². The van der Waals surface area contributed by atoms with E-state index < -0.39 is 0 Å². The fourth-order valence-corrected chi connectivity index (χ4v) is 4.58. The molecule has 0 atom stereocenters. The van der Waals surface area contributed by atoms with Crippen molar-refractivity contribution in [3.05, 3.63) is 59.4 Å². The number of amides is 1. The number of fused-ring (bicyclic) bond motifs is 2. The van der Waals surface area contributed by atoms with Crippen LogP contribution in [-0.4, -0.2) is 33.8 Å². The van der Waals surface area contributed by atoms with Crippen molar-refractivity contribution in [1.82, 2.24) is 19.9 Å². The highest BCUT2D eigenvalue weighted by molar-refractivity contribution is 7.13.